The molecule has 3 heterocycles. The summed E-state index contributed by atoms with van der Waals surface area (Å²) in [6.45, 7) is 1.80. The number of hydrogen-bond donors (Lipinski definition) is 2. The Kier molecular flexibility index (Phi) is 7.25. The lowest BCUT2D eigenvalue weighted by Crippen LogP contribution is -2.24. The Balaban J connectivity index is 1.37. The van der Waals surface area contributed by atoms with Gasteiger partial charge in [-0.1, -0.05) is 37.1 Å². The van der Waals surface area contributed by atoms with E-state index in [9.17, 15) is 22.8 Å². The number of anilines is 2. The van der Waals surface area contributed by atoms with E-state index >= 15 is 0 Å². The summed E-state index contributed by atoms with van der Waals surface area (Å²) in [7, 11) is 0. The van der Waals surface area contributed by atoms with Crippen LogP contribution in [0.25, 0.3) is 16.5 Å². The van der Waals surface area contributed by atoms with Crippen molar-refractivity contribution in [3.8, 4) is 5.69 Å². The van der Waals surface area contributed by atoms with E-state index in [1.165, 1.54) is 25.1 Å². The quantitative estimate of drug-likeness (QED) is 0.215. The monoisotopic (exact) mass is 586 g/mol. The lowest BCUT2D eigenvalue weighted by atomic mass is 9.97. The number of alkyl halides is 3. The van der Waals surface area contributed by atoms with Gasteiger partial charge in [0.2, 0.25) is 0 Å². The van der Waals surface area contributed by atoms with Crippen LogP contribution in [0.15, 0.2) is 83.9 Å². The summed E-state index contributed by atoms with van der Waals surface area (Å²) in [4.78, 5) is 30.4. The molecule has 3 N–H and O–H groups in total. The molecule has 1 saturated carbocycles. The Hall–Kier alpha value is -4.93. The van der Waals surface area contributed by atoms with Gasteiger partial charge in [0.25, 0.3) is 11.5 Å². The fourth-order valence-electron chi connectivity index (χ4n) is 5.32. The van der Waals surface area contributed by atoms with Crippen LogP contribution in [0, 0.1) is 12.8 Å². The second-order valence-electron chi connectivity index (χ2n) is 10.9. The van der Waals surface area contributed by atoms with Gasteiger partial charge in [-0.25, -0.2) is 9.67 Å². The zero-order chi connectivity index (χ0) is 30.3. The summed E-state index contributed by atoms with van der Waals surface area (Å²) < 4.78 is 44.0. The van der Waals surface area contributed by atoms with E-state index in [4.69, 9.17) is 5.73 Å². The molecule has 6 rings (SSSR count). The number of halogens is 3. The SMILES string of the molecule is Cc1ccc(C(CCC2CC2)n2ccccc2=O)cc1NC(=O)c1cc(C(F)(F)F)nn1-c1ccc2ccnc(N)c2c1. The first-order chi connectivity index (χ1) is 20.6. The number of aryl methyl sites for hydroxylation is 1. The zero-order valence-corrected chi connectivity index (χ0v) is 23.3. The van der Waals surface area contributed by atoms with Crippen LogP contribution in [0.5, 0.6) is 0 Å². The van der Waals surface area contributed by atoms with Gasteiger partial charge in [0.1, 0.15) is 11.5 Å². The first-order valence-corrected chi connectivity index (χ1v) is 14.0. The third-order valence-electron chi connectivity index (χ3n) is 7.88. The molecular weight excluding hydrogens is 557 g/mol. The number of carbonyl (C=O) groups is 1. The van der Waals surface area contributed by atoms with Gasteiger partial charge in [0.05, 0.1) is 11.7 Å². The summed E-state index contributed by atoms with van der Waals surface area (Å²) >= 11 is 0. The molecule has 11 heteroatoms. The van der Waals surface area contributed by atoms with Crippen molar-refractivity contribution in [2.24, 2.45) is 5.92 Å². The maximum absolute atomic E-state index is 13.8. The molecule has 0 spiro atoms. The molecular formula is C32H29F3N6O2. The maximum atomic E-state index is 13.8. The second kappa shape index (κ2) is 11.0. The number of nitrogens with zero attached hydrogens (tertiary/aromatic N) is 4. The van der Waals surface area contributed by atoms with Gasteiger partial charge in [-0.05, 0) is 72.5 Å². The standard InChI is InChI=1S/C32H29F3N6O2/c1-19-5-9-22(26(12-8-20-6-7-20)40-15-3-2-4-29(40)42)16-25(19)38-31(43)27-18-28(32(33,34)35)39-41(27)23-11-10-21-13-14-37-30(36)24(21)17-23/h2-5,9-11,13-18,20,26H,6-8,12H2,1H3,(H2,36,37)(H,38,43). The highest BCUT2D eigenvalue weighted by Gasteiger charge is 2.36. The molecule has 3 aromatic heterocycles. The van der Waals surface area contributed by atoms with E-state index in [0.29, 0.717) is 22.6 Å². The number of pyridine rings is 2. The minimum atomic E-state index is -4.77. The van der Waals surface area contributed by atoms with Gasteiger partial charge in [0, 0.05) is 35.6 Å². The van der Waals surface area contributed by atoms with Crippen LogP contribution in [0.1, 0.15) is 59.0 Å². The van der Waals surface area contributed by atoms with Crippen molar-refractivity contribution in [3.63, 3.8) is 0 Å². The third-order valence-corrected chi connectivity index (χ3v) is 7.88. The predicted octanol–water partition coefficient (Wildman–Crippen LogP) is 6.52. The fraction of sp³-hybridized carbons (Fsp3) is 0.250. The lowest BCUT2D eigenvalue weighted by Gasteiger charge is -2.22. The van der Waals surface area contributed by atoms with Crippen molar-refractivity contribution in [1.82, 2.24) is 19.3 Å². The van der Waals surface area contributed by atoms with Crippen LogP contribution in [0.3, 0.4) is 0 Å². The molecule has 5 aromatic rings. The van der Waals surface area contributed by atoms with E-state index in [1.54, 1.807) is 60.2 Å². The molecule has 1 amide bonds. The topological polar surface area (TPSA) is 108 Å². The Morgan fingerprint density at radius 3 is 2.65 bits per heavy atom. The first-order valence-electron chi connectivity index (χ1n) is 14.0. The van der Waals surface area contributed by atoms with Gasteiger partial charge in [-0.2, -0.15) is 18.3 Å². The Labute approximate surface area is 245 Å². The zero-order valence-electron chi connectivity index (χ0n) is 23.3. The number of nitrogens with two attached hydrogens (primary N) is 1. The molecule has 1 aliphatic rings. The first kappa shape index (κ1) is 28.2. The number of carbonyl (C=O) groups excluding carboxylic acids is 1. The van der Waals surface area contributed by atoms with E-state index in [0.717, 1.165) is 34.5 Å². The Morgan fingerprint density at radius 1 is 1.09 bits per heavy atom. The molecule has 0 bridgehead atoms. The maximum Gasteiger partial charge on any atom is 0.435 e. The third kappa shape index (κ3) is 5.88. The number of aromatic nitrogens is 4. The van der Waals surface area contributed by atoms with Gasteiger partial charge in [0.15, 0.2) is 5.69 Å². The highest BCUT2D eigenvalue weighted by atomic mass is 19.4. The molecule has 1 unspecified atom stereocenters. The summed E-state index contributed by atoms with van der Waals surface area (Å²) in [5, 5.41) is 7.81. The molecule has 220 valence electrons. The van der Waals surface area contributed by atoms with Gasteiger partial charge < -0.3 is 15.6 Å². The number of benzene rings is 2. The summed E-state index contributed by atoms with van der Waals surface area (Å²) in [5.74, 6) is 0.0829. The van der Waals surface area contributed by atoms with Crippen LogP contribution < -0.4 is 16.6 Å². The Morgan fingerprint density at radius 2 is 1.91 bits per heavy atom. The van der Waals surface area contributed by atoms with Crippen molar-refractivity contribution >= 4 is 28.2 Å². The average molecular weight is 587 g/mol. The van der Waals surface area contributed by atoms with E-state index < -0.39 is 17.8 Å². The van der Waals surface area contributed by atoms with Crippen molar-refractivity contribution in [1.29, 1.82) is 0 Å². The summed E-state index contributed by atoms with van der Waals surface area (Å²) in [5.41, 5.74) is 6.54. The van der Waals surface area contributed by atoms with Crippen LogP contribution >= 0.6 is 0 Å². The van der Waals surface area contributed by atoms with Crippen LogP contribution in [0.4, 0.5) is 24.7 Å². The molecule has 0 radical (unpaired) electrons. The fourth-order valence-corrected chi connectivity index (χ4v) is 5.32. The molecule has 0 aliphatic heterocycles. The summed E-state index contributed by atoms with van der Waals surface area (Å²) in [6.07, 6.45) is 2.58. The average Bonchev–Trinajstić information content (AvgIpc) is 3.69. The Bertz CT molecular complexity index is 1890. The minimum absolute atomic E-state index is 0.135. The molecule has 1 fully saturated rings. The van der Waals surface area contributed by atoms with Crippen LogP contribution in [-0.2, 0) is 6.18 Å². The highest BCUT2D eigenvalue weighted by molar-refractivity contribution is 6.04. The molecule has 1 atom stereocenters. The smallest absolute Gasteiger partial charge is 0.383 e. The van der Waals surface area contributed by atoms with Crippen molar-refractivity contribution < 1.29 is 18.0 Å². The van der Waals surface area contributed by atoms with Crippen molar-refractivity contribution in [3.05, 3.63) is 112 Å². The molecule has 0 saturated heterocycles. The molecule has 1 aliphatic carbocycles. The van der Waals surface area contributed by atoms with E-state index in [2.05, 4.69) is 15.4 Å². The van der Waals surface area contributed by atoms with Crippen molar-refractivity contribution in [2.45, 2.75) is 44.8 Å². The minimum Gasteiger partial charge on any atom is -0.383 e. The number of rotatable bonds is 8. The van der Waals surface area contributed by atoms with Gasteiger partial charge in [-0.3, -0.25) is 9.59 Å². The van der Waals surface area contributed by atoms with Gasteiger partial charge >= 0.3 is 6.18 Å². The molecule has 8 nitrogen and oxygen atoms in total. The summed E-state index contributed by atoms with van der Waals surface area (Å²) in [6, 6.07) is 17.5. The normalized spacial score (nSPS) is 14.1. The number of fused-ring (bicyclic) bond motifs is 1. The van der Waals surface area contributed by atoms with Crippen LogP contribution in [-0.4, -0.2) is 25.2 Å². The lowest BCUT2D eigenvalue weighted by molar-refractivity contribution is -0.141. The van der Waals surface area contributed by atoms with Gasteiger partial charge in [-0.15, -0.1) is 0 Å². The number of hydrogen-bond acceptors (Lipinski definition) is 5. The number of amides is 1. The largest absolute Gasteiger partial charge is 0.435 e. The highest BCUT2D eigenvalue weighted by Crippen LogP contribution is 2.37. The van der Waals surface area contributed by atoms with E-state index in [1.807, 2.05) is 12.1 Å². The second-order valence-corrected chi connectivity index (χ2v) is 10.9. The van der Waals surface area contributed by atoms with Crippen LogP contribution in [0.2, 0.25) is 0 Å². The van der Waals surface area contributed by atoms with Crippen molar-refractivity contribution in [2.75, 3.05) is 11.1 Å². The number of nitrogens with one attached hydrogen (secondary N) is 1. The molecule has 2 aromatic carbocycles. The molecule has 43 heavy (non-hydrogen) atoms. The predicted molar refractivity (Wildman–Crippen MR) is 158 cm³/mol. The number of nitrogen functional groups attached to an aromatic ring is 1. The van der Waals surface area contributed by atoms with E-state index in [-0.39, 0.29) is 28.8 Å².